The van der Waals surface area contributed by atoms with Gasteiger partial charge in [-0.2, -0.15) is 0 Å². The van der Waals surface area contributed by atoms with E-state index in [0.29, 0.717) is 0 Å². The van der Waals surface area contributed by atoms with Crippen molar-refractivity contribution in [3.63, 3.8) is 0 Å². The molecule has 0 amide bonds. The van der Waals surface area contributed by atoms with Gasteiger partial charge in [0.1, 0.15) is 0 Å². The molecule has 0 aromatic heterocycles. The highest BCUT2D eigenvalue weighted by Crippen LogP contribution is 2.04. The molecule has 11 heavy (non-hydrogen) atoms. The highest BCUT2D eigenvalue weighted by Gasteiger charge is 2.07. The predicted octanol–water partition coefficient (Wildman–Crippen LogP) is 0.882. The first-order valence-electron chi connectivity index (χ1n) is 3.18. The molecule has 0 heterocycles. The van der Waals surface area contributed by atoms with Crippen LogP contribution in [0.5, 0.6) is 0 Å². The van der Waals surface area contributed by atoms with E-state index in [-0.39, 0.29) is 18.4 Å². The summed E-state index contributed by atoms with van der Waals surface area (Å²) in [5.41, 5.74) is 0.146. The molecule has 4 nitrogen and oxygen atoms in total. The molecule has 0 saturated carbocycles. The molecule has 0 aliphatic heterocycles. The maximum absolute atomic E-state index is 10.3. The fourth-order valence-corrected chi connectivity index (χ4v) is 0.616. The van der Waals surface area contributed by atoms with Gasteiger partial charge >= 0.3 is 11.9 Å². The first-order chi connectivity index (χ1) is 5.07. The standard InChI is InChI=1S/C7H10O4/c1-2-5(7(10)11)3-4-6(8)9/h2H,3-4H2,1H3,(H,8,9)(H,10,11)/b5-2-. The summed E-state index contributed by atoms with van der Waals surface area (Å²) in [4.78, 5) is 20.3. The third kappa shape index (κ3) is 4.13. The quantitative estimate of drug-likeness (QED) is 0.595. The third-order valence-electron chi connectivity index (χ3n) is 1.23. The summed E-state index contributed by atoms with van der Waals surface area (Å²) in [6.45, 7) is 1.57. The van der Waals surface area contributed by atoms with Gasteiger partial charge in [-0.3, -0.25) is 4.79 Å². The number of rotatable bonds is 4. The molecule has 2 N–H and O–H groups in total. The Morgan fingerprint density at radius 3 is 2.09 bits per heavy atom. The Morgan fingerprint density at radius 2 is 1.82 bits per heavy atom. The molecule has 0 aromatic rings. The van der Waals surface area contributed by atoms with Crippen molar-refractivity contribution < 1.29 is 19.8 Å². The van der Waals surface area contributed by atoms with Gasteiger partial charge in [-0.1, -0.05) is 6.08 Å². The first kappa shape index (κ1) is 9.68. The Hall–Kier alpha value is -1.32. The van der Waals surface area contributed by atoms with Gasteiger partial charge in [-0.15, -0.1) is 0 Å². The largest absolute Gasteiger partial charge is 0.481 e. The molecule has 0 aliphatic carbocycles. The summed E-state index contributed by atoms with van der Waals surface area (Å²) in [6, 6.07) is 0. The zero-order valence-corrected chi connectivity index (χ0v) is 6.20. The van der Waals surface area contributed by atoms with Gasteiger partial charge in [-0.05, 0) is 13.3 Å². The fraction of sp³-hybridized carbons (Fsp3) is 0.429. The van der Waals surface area contributed by atoms with Gasteiger partial charge in [0, 0.05) is 12.0 Å². The van der Waals surface area contributed by atoms with Crippen molar-refractivity contribution >= 4 is 11.9 Å². The van der Waals surface area contributed by atoms with E-state index in [0.717, 1.165) is 0 Å². The first-order valence-corrected chi connectivity index (χ1v) is 3.18. The van der Waals surface area contributed by atoms with Crippen LogP contribution < -0.4 is 0 Å². The molecule has 0 radical (unpaired) electrons. The van der Waals surface area contributed by atoms with Crippen LogP contribution >= 0.6 is 0 Å². The molecular formula is C7H10O4. The molecule has 0 atom stereocenters. The minimum atomic E-state index is -1.05. The van der Waals surface area contributed by atoms with E-state index >= 15 is 0 Å². The second-order valence-electron chi connectivity index (χ2n) is 2.01. The number of hydrogen-bond donors (Lipinski definition) is 2. The molecule has 0 unspecified atom stereocenters. The molecule has 0 aliphatic rings. The van der Waals surface area contributed by atoms with Crippen LogP contribution in [0.2, 0.25) is 0 Å². The number of carboxylic acids is 2. The van der Waals surface area contributed by atoms with Crippen LogP contribution in [0.25, 0.3) is 0 Å². The Morgan fingerprint density at radius 1 is 1.27 bits per heavy atom. The average Bonchev–Trinajstić information content (AvgIpc) is 1.87. The normalized spacial score (nSPS) is 11.2. The van der Waals surface area contributed by atoms with Crippen LogP contribution in [-0.4, -0.2) is 22.2 Å². The lowest BCUT2D eigenvalue weighted by Gasteiger charge is -1.96. The monoisotopic (exact) mass is 158 g/mol. The lowest BCUT2D eigenvalue weighted by Crippen LogP contribution is -2.03. The molecule has 4 heteroatoms. The van der Waals surface area contributed by atoms with E-state index in [2.05, 4.69) is 0 Å². The SMILES string of the molecule is C/C=C(/CCC(=O)O)C(=O)O. The summed E-state index contributed by atoms with van der Waals surface area (Å²) < 4.78 is 0. The zero-order chi connectivity index (χ0) is 8.85. The third-order valence-corrected chi connectivity index (χ3v) is 1.23. The number of carboxylic acid groups (broad SMARTS) is 2. The highest BCUT2D eigenvalue weighted by atomic mass is 16.4. The van der Waals surface area contributed by atoms with Crippen LogP contribution in [0.3, 0.4) is 0 Å². The van der Waals surface area contributed by atoms with Gasteiger partial charge in [0.15, 0.2) is 0 Å². The lowest BCUT2D eigenvalue weighted by atomic mass is 10.1. The van der Waals surface area contributed by atoms with Crippen molar-refractivity contribution in [1.29, 1.82) is 0 Å². The second-order valence-corrected chi connectivity index (χ2v) is 2.01. The molecule has 0 saturated heterocycles. The fourth-order valence-electron chi connectivity index (χ4n) is 0.616. The van der Waals surface area contributed by atoms with Crippen molar-refractivity contribution in [3.8, 4) is 0 Å². The average molecular weight is 158 g/mol. The molecular weight excluding hydrogens is 148 g/mol. The van der Waals surface area contributed by atoms with Crippen LogP contribution in [0.1, 0.15) is 19.8 Å². The molecule has 0 rings (SSSR count). The zero-order valence-electron chi connectivity index (χ0n) is 6.20. The van der Waals surface area contributed by atoms with Gasteiger partial charge in [-0.25, -0.2) is 4.79 Å². The van der Waals surface area contributed by atoms with Crippen molar-refractivity contribution in [3.05, 3.63) is 11.6 Å². The van der Waals surface area contributed by atoms with E-state index in [9.17, 15) is 9.59 Å². The molecule has 0 spiro atoms. The van der Waals surface area contributed by atoms with Gasteiger partial charge in [0.2, 0.25) is 0 Å². The van der Waals surface area contributed by atoms with Crippen LogP contribution in [-0.2, 0) is 9.59 Å². The Kier molecular flexibility index (Phi) is 3.95. The maximum Gasteiger partial charge on any atom is 0.331 e. The minimum Gasteiger partial charge on any atom is -0.481 e. The Balaban J connectivity index is 3.92. The molecule has 62 valence electrons. The lowest BCUT2D eigenvalue weighted by molar-refractivity contribution is -0.137. The highest BCUT2D eigenvalue weighted by molar-refractivity contribution is 5.87. The second kappa shape index (κ2) is 4.49. The van der Waals surface area contributed by atoms with Crippen LogP contribution in [0.4, 0.5) is 0 Å². The topological polar surface area (TPSA) is 74.6 Å². The van der Waals surface area contributed by atoms with Crippen LogP contribution in [0.15, 0.2) is 11.6 Å². The van der Waals surface area contributed by atoms with E-state index in [1.165, 1.54) is 6.08 Å². The minimum absolute atomic E-state index is 0.0845. The molecule has 0 bridgehead atoms. The smallest absolute Gasteiger partial charge is 0.331 e. The van der Waals surface area contributed by atoms with Gasteiger partial charge in [0.05, 0.1) is 0 Å². The summed E-state index contributed by atoms with van der Waals surface area (Å²) >= 11 is 0. The van der Waals surface area contributed by atoms with E-state index in [1.54, 1.807) is 6.92 Å². The van der Waals surface area contributed by atoms with Crippen molar-refractivity contribution in [2.24, 2.45) is 0 Å². The van der Waals surface area contributed by atoms with Gasteiger partial charge in [0.25, 0.3) is 0 Å². The van der Waals surface area contributed by atoms with Crippen molar-refractivity contribution in [2.45, 2.75) is 19.8 Å². The Labute approximate surface area is 64.2 Å². The Bertz CT molecular complexity index is 193. The summed E-state index contributed by atoms with van der Waals surface area (Å²) in [6.07, 6.45) is 1.36. The number of hydrogen-bond acceptors (Lipinski definition) is 2. The van der Waals surface area contributed by atoms with Crippen molar-refractivity contribution in [1.82, 2.24) is 0 Å². The predicted molar refractivity (Wildman–Crippen MR) is 38.3 cm³/mol. The maximum atomic E-state index is 10.3. The molecule has 0 fully saturated rings. The summed E-state index contributed by atoms with van der Waals surface area (Å²) in [5, 5.41) is 16.6. The number of carbonyl (C=O) groups is 2. The summed E-state index contributed by atoms with van der Waals surface area (Å²) in [5.74, 6) is -2.03. The number of allylic oxidation sites excluding steroid dienone is 1. The summed E-state index contributed by atoms with van der Waals surface area (Å²) in [7, 11) is 0. The van der Waals surface area contributed by atoms with E-state index in [1.807, 2.05) is 0 Å². The van der Waals surface area contributed by atoms with E-state index < -0.39 is 11.9 Å². The van der Waals surface area contributed by atoms with E-state index in [4.69, 9.17) is 10.2 Å². The van der Waals surface area contributed by atoms with Gasteiger partial charge < -0.3 is 10.2 Å². The number of aliphatic carboxylic acids is 2. The van der Waals surface area contributed by atoms with Crippen molar-refractivity contribution in [2.75, 3.05) is 0 Å². The van der Waals surface area contributed by atoms with Crippen LogP contribution in [0, 0.1) is 0 Å². The molecule has 0 aromatic carbocycles.